The Balaban J connectivity index is 1.31. The van der Waals surface area contributed by atoms with E-state index in [1.54, 1.807) is 78.9 Å². The summed E-state index contributed by atoms with van der Waals surface area (Å²) in [6, 6.07) is 26.6. The van der Waals surface area contributed by atoms with E-state index in [1.165, 1.54) is 0 Å². The lowest BCUT2D eigenvalue weighted by Gasteiger charge is -2.18. The third-order valence-corrected chi connectivity index (χ3v) is 5.42. The van der Waals surface area contributed by atoms with Gasteiger partial charge in [0.2, 0.25) is 5.91 Å². The minimum absolute atomic E-state index is 0.0128. The lowest BCUT2D eigenvalue weighted by atomic mass is 10.1. The van der Waals surface area contributed by atoms with E-state index in [1.807, 2.05) is 30.3 Å². The molecule has 4 rings (SSSR count). The summed E-state index contributed by atoms with van der Waals surface area (Å²) in [4.78, 5) is 39.3. The first-order valence-corrected chi connectivity index (χ1v) is 11.4. The zero-order valence-corrected chi connectivity index (χ0v) is 19.7. The highest BCUT2D eigenvalue weighted by atomic mass is 16.3. The van der Waals surface area contributed by atoms with Crippen LogP contribution in [0.15, 0.2) is 102 Å². The molecule has 0 fully saturated rings. The van der Waals surface area contributed by atoms with Crippen molar-refractivity contribution in [3.8, 4) is 0 Å². The summed E-state index contributed by atoms with van der Waals surface area (Å²) in [6.45, 7) is 0.260. The van der Waals surface area contributed by atoms with Crippen LogP contribution in [-0.4, -0.2) is 31.3 Å². The van der Waals surface area contributed by atoms with Gasteiger partial charge < -0.3 is 25.3 Å². The predicted octanol–water partition coefficient (Wildman–Crippen LogP) is 4.54. The van der Waals surface area contributed by atoms with E-state index in [0.717, 1.165) is 5.69 Å². The molecule has 4 aromatic rings. The van der Waals surface area contributed by atoms with Crippen LogP contribution in [-0.2, 0) is 11.3 Å². The molecular weight excluding hydrogens is 456 g/mol. The molecule has 8 nitrogen and oxygen atoms in total. The van der Waals surface area contributed by atoms with Crippen molar-refractivity contribution in [3.63, 3.8) is 0 Å². The van der Waals surface area contributed by atoms with Gasteiger partial charge in [-0.05, 0) is 60.7 Å². The maximum atomic E-state index is 12.9. The van der Waals surface area contributed by atoms with Gasteiger partial charge in [0, 0.05) is 35.2 Å². The molecule has 1 aromatic heterocycles. The Bertz CT molecular complexity index is 1340. The van der Waals surface area contributed by atoms with Crippen LogP contribution in [0.2, 0.25) is 0 Å². The van der Waals surface area contributed by atoms with Gasteiger partial charge in [0.25, 0.3) is 11.8 Å². The molecule has 1 heterocycles. The molecule has 0 radical (unpaired) electrons. The molecule has 36 heavy (non-hydrogen) atoms. The molecule has 3 amide bonds. The standard InChI is InChI=1S/C28H26N4O4/c1-32(24-12-3-2-4-13-24)28(35)21-9-6-10-22(17-21)29-19-26(33)31-23-11-5-8-20(16-23)27(34)30-18-25-14-7-15-36-25/h2-17,29H,18-19H2,1H3,(H,30,34)(H,31,33). The molecule has 8 heteroatoms. The molecule has 0 saturated carbocycles. The Kier molecular flexibility index (Phi) is 7.77. The number of hydrogen-bond acceptors (Lipinski definition) is 5. The first-order valence-electron chi connectivity index (χ1n) is 11.4. The van der Waals surface area contributed by atoms with Gasteiger partial charge in [-0.25, -0.2) is 0 Å². The van der Waals surface area contributed by atoms with E-state index >= 15 is 0 Å². The molecule has 0 aliphatic heterocycles. The zero-order chi connectivity index (χ0) is 25.3. The van der Waals surface area contributed by atoms with Crippen LogP contribution in [0.25, 0.3) is 0 Å². The number of nitrogens with one attached hydrogen (secondary N) is 3. The normalized spacial score (nSPS) is 10.4. The summed E-state index contributed by atoms with van der Waals surface area (Å²) in [6.07, 6.45) is 1.54. The number of nitrogens with zero attached hydrogens (tertiary/aromatic N) is 1. The molecule has 3 N–H and O–H groups in total. The second-order valence-corrected chi connectivity index (χ2v) is 8.03. The maximum Gasteiger partial charge on any atom is 0.258 e. The van der Waals surface area contributed by atoms with Gasteiger partial charge in [0.15, 0.2) is 0 Å². The molecule has 0 atom stereocenters. The van der Waals surface area contributed by atoms with Crippen molar-refractivity contribution >= 4 is 34.8 Å². The second-order valence-electron chi connectivity index (χ2n) is 8.03. The average Bonchev–Trinajstić information content (AvgIpc) is 3.44. The van der Waals surface area contributed by atoms with Crippen LogP contribution in [0, 0.1) is 0 Å². The first kappa shape index (κ1) is 24.3. The van der Waals surface area contributed by atoms with Crippen molar-refractivity contribution in [2.24, 2.45) is 0 Å². The summed E-state index contributed by atoms with van der Waals surface area (Å²) in [5.41, 5.74) is 2.85. The van der Waals surface area contributed by atoms with Gasteiger partial charge in [0.05, 0.1) is 19.4 Å². The summed E-state index contributed by atoms with van der Waals surface area (Å²) < 4.78 is 5.21. The minimum atomic E-state index is -0.290. The van der Waals surface area contributed by atoms with E-state index in [4.69, 9.17) is 4.42 Å². The second kappa shape index (κ2) is 11.5. The molecule has 0 spiro atoms. The van der Waals surface area contributed by atoms with Gasteiger partial charge in [-0.2, -0.15) is 0 Å². The van der Waals surface area contributed by atoms with Crippen LogP contribution in [0.3, 0.4) is 0 Å². The molecule has 0 unspecified atom stereocenters. The van der Waals surface area contributed by atoms with Gasteiger partial charge in [-0.3, -0.25) is 14.4 Å². The highest BCUT2D eigenvalue weighted by molar-refractivity contribution is 6.06. The SMILES string of the molecule is CN(C(=O)c1cccc(NCC(=O)Nc2cccc(C(=O)NCc3ccco3)c2)c1)c1ccccc1. The minimum Gasteiger partial charge on any atom is -0.467 e. The summed E-state index contributed by atoms with van der Waals surface area (Å²) in [5.74, 6) is -0.0725. The van der Waals surface area contributed by atoms with Crippen molar-refractivity contribution < 1.29 is 18.8 Å². The average molecular weight is 483 g/mol. The number of furan rings is 1. The number of carbonyl (C=O) groups excluding carboxylic acids is 3. The maximum absolute atomic E-state index is 12.9. The number of benzene rings is 3. The first-order chi connectivity index (χ1) is 17.5. The van der Waals surface area contributed by atoms with Crippen LogP contribution in [0.1, 0.15) is 26.5 Å². The van der Waals surface area contributed by atoms with Gasteiger partial charge in [-0.15, -0.1) is 0 Å². The molecule has 3 aromatic carbocycles. The molecular formula is C28H26N4O4. The number of rotatable bonds is 9. The van der Waals surface area contributed by atoms with Gasteiger partial charge in [-0.1, -0.05) is 30.3 Å². The smallest absolute Gasteiger partial charge is 0.258 e. The predicted molar refractivity (Wildman–Crippen MR) is 139 cm³/mol. The fourth-order valence-electron chi connectivity index (χ4n) is 3.53. The molecule has 182 valence electrons. The Labute approximate surface area is 208 Å². The van der Waals surface area contributed by atoms with E-state index in [0.29, 0.717) is 28.3 Å². The Hall–Kier alpha value is -4.85. The fourth-order valence-corrected chi connectivity index (χ4v) is 3.53. The van der Waals surface area contributed by atoms with Crippen LogP contribution < -0.4 is 20.9 Å². The summed E-state index contributed by atoms with van der Waals surface area (Å²) in [5, 5.41) is 8.59. The van der Waals surface area contributed by atoms with Crippen LogP contribution >= 0.6 is 0 Å². The van der Waals surface area contributed by atoms with E-state index < -0.39 is 0 Å². The summed E-state index contributed by atoms with van der Waals surface area (Å²) >= 11 is 0. The third kappa shape index (κ3) is 6.38. The van der Waals surface area contributed by atoms with Gasteiger partial charge >= 0.3 is 0 Å². The molecule has 0 bridgehead atoms. The number of anilines is 3. The Morgan fingerprint density at radius 1 is 0.806 bits per heavy atom. The van der Waals surface area contributed by atoms with E-state index in [-0.39, 0.29) is 30.8 Å². The summed E-state index contributed by atoms with van der Waals surface area (Å²) in [7, 11) is 1.72. The van der Waals surface area contributed by atoms with Gasteiger partial charge in [0.1, 0.15) is 5.76 Å². The van der Waals surface area contributed by atoms with Crippen LogP contribution in [0.4, 0.5) is 17.1 Å². The Morgan fingerprint density at radius 3 is 2.28 bits per heavy atom. The lowest BCUT2D eigenvalue weighted by molar-refractivity contribution is -0.114. The van der Waals surface area contributed by atoms with E-state index in [2.05, 4.69) is 16.0 Å². The number of amides is 3. The third-order valence-electron chi connectivity index (χ3n) is 5.42. The fraction of sp³-hybridized carbons (Fsp3) is 0.107. The van der Waals surface area contributed by atoms with Crippen molar-refractivity contribution in [2.45, 2.75) is 6.54 Å². The molecule has 0 saturated heterocycles. The highest BCUT2D eigenvalue weighted by Crippen LogP contribution is 2.18. The quantitative estimate of drug-likeness (QED) is 0.325. The van der Waals surface area contributed by atoms with E-state index in [9.17, 15) is 14.4 Å². The van der Waals surface area contributed by atoms with Crippen molar-refractivity contribution in [1.29, 1.82) is 0 Å². The lowest BCUT2D eigenvalue weighted by Crippen LogP contribution is -2.26. The van der Waals surface area contributed by atoms with Crippen molar-refractivity contribution in [3.05, 3.63) is 114 Å². The number of para-hydroxylation sites is 1. The number of hydrogen-bond donors (Lipinski definition) is 3. The topological polar surface area (TPSA) is 104 Å². The largest absolute Gasteiger partial charge is 0.467 e. The van der Waals surface area contributed by atoms with Crippen molar-refractivity contribution in [2.75, 3.05) is 29.1 Å². The highest BCUT2D eigenvalue weighted by Gasteiger charge is 2.14. The Morgan fingerprint density at radius 2 is 1.53 bits per heavy atom. The zero-order valence-electron chi connectivity index (χ0n) is 19.7. The molecule has 0 aliphatic carbocycles. The molecule has 0 aliphatic rings. The monoisotopic (exact) mass is 482 g/mol. The van der Waals surface area contributed by atoms with Crippen LogP contribution in [0.5, 0.6) is 0 Å². The van der Waals surface area contributed by atoms with Crippen molar-refractivity contribution in [1.82, 2.24) is 5.32 Å². The number of carbonyl (C=O) groups is 3.